The molecule has 154 valence electrons. The van der Waals surface area contributed by atoms with Gasteiger partial charge < -0.3 is 14.4 Å². The Morgan fingerprint density at radius 2 is 1.83 bits per heavy atom. The molecule has 0 N–H and O–H groups in total. The van der Waals surface area contributed by atoms with Crippen molar-refractivity contribution in [3.63, 3.8) is 0 Å². The number of ether oxygens (including phenoxy) is 2. The first-order chi connectivity index (χ1) is 14.7. The maximum atomic E-state index is 13.3. The van der Waals surface area contributed by atoms with Crippen LogP contribution in [-0.2, 0) is 11.3 Å². The molecular weight excluding hydrogens is 447 g/mol. The first-order valence-corrected chi connectivity index (χ1v) is 10.6. The van der Waals surface area contributed by atoms with Gasteiger partial charge in [0.15, 0.2) is 0 Å². The zero-order valence-corrected chi connectivity index (χ0v) is 18.0. The molecule has 30 heavy (non-hydrogen) atoms. The molecule has 0 radical (unpaired) electrons. The molecule has 1 saturated heterocycles. The molecule has 0 bridgehead atoms. The summed E-state index contributed by atoms with van der Waals surface area (Å²) >= 11 is 3.54. The Labute approximate surface area is 184 Å². The molecule has 0 unspecified atom stereocenters. The molecule has 0 aromatic heterocycles. The van der Waals surface area contributed by atoms with Crippen molar-refractivity contribution < 1.29 is 13.9 Å². The normalized spacial score (nSPS) is 14.3. The summed E-state index contributed by atoms with van der Waals surface area (Å²) in [7, 11) is 0. The van der Waals surface area contributed by atoms with Crippen LogP contribution in [0.3, 0.4) is 0 Å². The van der Waals surface area contributed by atoms with Gasteiger partial charge in [0, 0.05) is 25.0 Å². The lowest BCUT2D eigenvalue weighted by molar-refractivity contribution is 0.122. The molecule has 0 saturated carbocycles. The molecule has 6 heteroatoms. The van der Waals surface area contributed by atoms with Gasteiger partial charge in [0.05, 0.1) is 23.4 Å². The number of hydrogen-bond acceptors (Lipinski definition) is 4. The van der Waals surface area contributed by atoms with Crippen molar-refractivity contribution >= 4 is 33.5 Å². The van der Waals surface area contributed by atoms with Gasteiger partial charge in [-0.1, -0.05) is 12.1 Å². The van der Waals surface area contributed by atoms with E-state index in [0.717, 1.165) is 47.6 Å². The average Bonchev–Trinajstić information content (AvgIpc) is 2.78. The van der Waals surface area contributed by atoms with Crippen molar-refractivity contribution in [1.29, 1.82) is 0 Å². The van der Waals surface area contributed by atoms with Gasteiger partial charge in [-0.05, 0) is 81.7 Å². The van der Waals surface area contributed by atoms with Crippen molar-refractivity contribution in [3.8, 4) is 5.75 Å². The molecule has 1 aliphatic rings. The SMILES string of the molecule is Fc1cccc(COc2ccc(C=Nc3ccc(N4CCOCC4)cc3)cc2Br)c1. The van der Waals surface area contributed by atoms with E-state index in [-0.39, 0.29) is 5.82 Å². The van der Waals surface area contributed by atoms with E-state index in [1.807, 2.05) is 42.6 Å². The van der Waals surface area contributed by atoms with Crippen LogP contribution in [0.25, 0.3) is 0 Å². The van der Waals surface area contributed by atoms with Gasteiger partial charge >= 0.3 is 0 Å². The van der Waals surface area contributed by atoms with Crippen molar-refractivity contribution in [3.05, 3.63) is 88.1 Å². The second kappa shape index (κ2) is 9.87. The Bertz CT molecular complexity index is 1020. The Morgan fingerprint density at radius 1 is 1.03 bits per heavy atom. The fourth-order valence-electron chi connectivity index (χ4n) is 3.22. The highest BCUT2D eigenvalue weighted by Gasteiger charge is 2.10. The summed E-state index contributed by atoms with van der Waals surface area (Å²) in [6.45, 7) is 3.70. The van der Waals surface area contributed by atoms with Crippen LogP contribution in [0.5, 0.6) is 5.75 Å². The van der Waals surface area contributed by atoms with Crippen LogP contribution in [0.4, 0.5) is 15.8 Å². The van der Waals surface area contributed by atoms with E-state index in [1.165, 1.54) is 17.8 Å². The van der Waals surface area contributed by atoms with Crippen LogP contribution < -0.4 is 9.64 Å². The van der Waals surface area contributed by atoms with Crippen LogP contribution in [0.15, 0.2) is 76.2 Å². The minimum absolute atomic E-state index is 0.264. The largest absolute Gasteiger partial charge is 0.488 e. The van der Waals surface area contributed by atoms with Crippen molar-refractivity contribution in [2.45, 2.75) is 6.61 Å². The maximum Gasteiger partial charge on any atom is 0.134 e. The molecule has 3 aromatic rings. The topological polar surface area (TPSA) is 34.1 Å². The highest BCUT2D eigenvalue weighted by Crippen LogP contribution is 2.27. The third-order valence-corrected chi connectivity index (χ3v) is 5.45. The number of rotatable bonds is 6. The zero-order valence-electron chi connectivity index (χ0n) is 16.4. The highest BCUT2D eigenvalue weighted by molar-refractivity contribution is 9.10. The van der Waals surface area contributed by atoms with Gasteiger partial charge in [0.25, 0.3) is 0 Å². The smallest absolute Gasteiger partial charge is 0.134 e. The molecule has 1 fully saturated rings. The number of benzene rings is 3. The summed E-state index contributed by atoms with van der Waals surface area (Å²) in [6, 6.07) is 20.4. The number of nitrogens with zero attached hydrogens (tertiary/aromatic N) is 2. The van der Waals surface area contributed by atoms with E-state index in [9.17, 15) is 4.39 Å². The summed E-state index contributed by atoms with van der Waals surface area (Å²) in [5, 5.41) is 0. The third-order valence-electron chi connectivity index (χ3n) is 4.83. The number of aliphatic imine (C=N–C) groups is 1. The van der Waals surface area contributed by atoms with Crippen LogP contribution >= 0.6 is 15.9 Å². The quantitative estimate of drug-likeness (QED) is 0.431. The molecule has 1 aliphatic heterocycles. The van der Waals surface area contributed by atoms with Crippen LogP contribution in [0.1, 0.15) is 11.1 Å². The lowest BCUT2D eigenvalue weighted by Crippen LogP contribution is -2.36. The molecule has 4 rings (SSSR count). The molecule has 0 amide bonds. The second-order valence-electron chi connectivity index (χ2n) is 6.98. The van der Waals surface area contributed by atoms with Crippen LogP contribution in [-0.4, -0.2) is 32.5 Å². The Balaban J connectivity index is 1.37. The Morgan fingerprint density at radius 3 is 2.57 bits per heavy atom. The predicted octanol–water partition coefficient (Wildman–Crippen LogP) is 5.75. The Kier molecular flexibility index (Phi) is 6.77. The molecule has 0 atom stereocenters. The molecule has 0 spiro atoms. The minimum Gasteiger partial charge on any atom is -0.488 e. The molecule has 4 nitrogen and oxygen atoms in total. The van der Waals surface area contributed by atoms with Gasteiger partial charge in [0.2, 0.25) is 0 Å². The lowest BCUT2D eigenvalue weighted by Gasteiger charge is -2.28. The maximum absolute atomic E-state index is 13.3. The summed E-state index contributed by atoms with van der Waals surface area (Å²) in [5.41, 5.74) is 3.83. The molecule has 0 aliphatic carbocycles. The summed E-state index contributed by atoms with van der Waals surface area (Å²) in [4.78, 5) is 6.88. The van der Waals surface area contributed by atoms with Gasteiger partial charge in [0.1, 0.15) is 18.2 Å². The standard InChI is InChI=1S/C24H22BrFN2O2/c25-23-15-18(4-9-24(23)30-17-19-2-1-3-20(26)14-19)16-27-21-5-7-22(8-6-21)28-10-12-29-13-11-28/h1-9,14-16H,10-13,17H2. The van der Waals surface area contributed by atoms with Crippen molar-refractivity contribution in [2.24, 2.45) is 4.99 Å². The van der Waals surface area contributed by atoms with Gasteiger partial charge in [-0.2, -0.15) is 0 Å². The minimum atomic E-state index is -0.264. The van der Waals surface area contributed by atoms with Crippen LogP contribution in [0.2, 0.25) is 0 Å². The first kappa shape index (κ1) is 20.6. The highest BCUT2D eigenvalue weighted by atomic mass is 79.9. The van der Waals surface area contributed by atoms with E-state index in [2.05, 4.69) is 38.0 Å². The fraction of sp³-hybridized carbons (Fsp3) is 0.208. The fourth-order valence-corrected chi connectivity index (χ4v) is 3.73. The van der Waals surface area contributed by atoms with E-state index in [0.29, 0.717) is 12.4 Å². The van der Waals surface area contributed by atoms with Gasteiger partial charge in [-0.15, -0.1) is 0 Å². The van der Waals surface area contributed by atoms with E-state index >= 15 is 0 Å². The van der Waals surface area contributed by atoms with Crippen molar-refractivity contribution in [2.75, 3.05) is 31.2 Å². The second-order valence-corrected chi connectivity index (χ2v) is 7.84. The van der Waals surface area contributed by atoms with E-state index in [1.54, 1.807) is 6.07 Å². The number of anilines is 1. The summed E-state index contributed by atoms with van der Waals surface area (Å²) in [5.74, 6) is 0.436. The number of halogens is 2. The Hall–Kier alpha value is -2.70. The summed E-state index contributed by atoms with van der Waals surface area (Å²) in [6.07, 6.45) is 1.82. The van der Waals surface area contributed by atoms with Gasteiger partial charge in [-0.3, -0.25) is 4.99 Å². The van der Waals surface area contributed by atoms with Crippen LogP contribution in [0, 0.1) is 5.82 Å². The predicted molar refractivity (Wildman–Crippen MR) is 122 cm³/mol. The van der Waals surface area contributed by atoms with E-state index < -0.39 is 0 Å². The average molecular weight is 469 g/mol. The molecular formula is C24H22BrFN2O2. The van der Waals surface area contributed by atoms with Crippen molar-refractivity contribution in [1.82, 2.24) is 0 Å². The summed E-state index contributed by atoms with van der Waals surface area (Å²) < 4.78 is 25.3. The first-order valence-electron chi connectivity index (χ1n) is 9.81. The number of morpholine rings is 1. The third kappa shape index (κ3) is 5.46. The zero-order chi connectivity index (χ0) is 20.8. The molecule has 3 aromatic carbocycles. The number of hydrogen-bond donors (Lipinski definition) is 0. The van der Waals surface area contributed by atoms with Gasteiger partial charge in [-0.25, -0.2) is 4.39 Å². The lowest BCUT2D eigenvalue weighted by atomic mass is 10.2. The van der Waals surface area contributed by atoms with E-state index in [4.69, 9.17) is 9.47 Å². The molecule has 1 heterocycles. The monoisotopic (exact) mass is 468 g/mol.